The fourth-order valence-corrected chi connectivity index (χ4v) is 4.05. The fourth-order valence-electron chi connectivity index (χ4n) is 4.05. The van der Waals surface area contributed by atoms with Gasteiger partial charge in [0, 0.05) is 30.8 Å². The summed E-state index contributed by atoms with van der Waals surface area (Å²) in [5.74, 6) is 1.59. The van der Waals surface area contributed by atoms with Crippen LogP contribution in [0, 0.1) is 11.8 Å². The molecule has 0 bridgehead atoms. The van der Waals surface area contributed by atoms with E-state index >= 15 is 0 Å². The van der Waals surface area contributed by atoms with E-state index in [2.05, 4.69) is 38.0 Å². The molecule has 0 fully saturated rings. The molecule has 0 unspecified atom stereocenters. The van der Waals surface area contributed by atoms with Crippen molar-refractivity contribution in [1.82, 2.24) is 14.5 Å². The van der Waals surface area contributed by atoms with Crippen molar-refractivity contribution >= 4 is 28.8 Å². The first-order valence-corrected chi connectivity index (χ1v) is 12.2. The molecule has 0 saturated carbocycles. The van der Waals surface area contributed by atoms with Crippen LogP contribution in [0.25, 0.3) is 11.0 Å². The molecule has 1 heterocycles. The lowest BCUT2D eigenvalue weighted by Crippen LogP contribution is -2.37. The van der Waals surface area contributed by atoms with Gasteiger partial charge >= 0.3 is 0 Å². The number of anilines is 1. The lowest BCUT2D eigenvalue weighted by molar-refractivity contribution is 0.0715. The number of carbonyl (C=O) groups excluding carboxylic acids is 2. The van der Waals surface area contributed by atoms with Crippen molar-refractivity contribution in [3.8, 4) is 5.75 Å². The number of nitrogens with one attached hydrogen (secondary N) is 1. The number of hydrogen-bond acceptors (Lipinski definition) is 5. The number of fused-ring (bicyclic) bond motifs is 1. The maximum atomic E-state index is 13.4. The summed E-state index contributed by atoms with van der Waals surface area (Å²) in [6.45, 7) is 10.9. The number of nitrogens with two attached hydrogens (primary N) is 1. The smallest absolute Gasteiger partial charge is 0.257 e. The molecule has 0 aliphatic heterocycles. The minimum absolute atomic E-state index is 0.00435. The molecule has 2 aromatic carbocycles. The number of amides is 2. The lowest BCUT2D eigenvalue weighted by Gasteiger charge is -2.26. The summed E-state index contributed by atoms with van der Waals surface area (Å²) >= 11 is 0. The van der Waals surface area contributed by atoms with Crippen molar-refractivity contribution in [2.24, 2.45) is 17.6 Å². The molecule has 3 rings (SSSR count). The molecule has 0 spiro atoms. The monoisotopic (exact) mass is 479 g/mol. The molecule has 8 heteroatoms. The number of methoxy groups -OCH3 is 1. The van der Waals surface area contributed by atoms with E-state index in [1.165, 1.54) is 0 Å². The molecule has 35 heavy (non-hydrogen) atoms. The van der Waals surface area contributed by atoms with Crippen molar-refractivity contribution in [2.45, 2.75) is 40.7 Å². The van der Waals surface area contributed by atoms with Gasteiger partial charge in [-0.25, -0.2) is 4.98 Å². The first-order valence-electron chi connectivity index (χ1n) is 12.2. The molecular formula is C27H37N5O3. The van der Waals surface area contributed by atoms with Crippen LogP contribution in [0.4, 0.5) is 5.95 Å². The van der Waals surface area contributed by atoms with Crippen molar-refractivity contribution in [3.63, 3.8) is 0 Å². The molecule has 3 N–H and O–H groups in total. The minimum atomic E-state index is -0.270. The van der Waals surface area contributed by atoms with Crippen molar-refractivity contribution in [1.29, 1.82) is 0 Å². The Morgan fingerprint density at radius 2 is 1.66 bits per heavy atom. The Bertz CT molecular complexity index is 1140. The van der Waals surface area contributed by atoms with Gasteiger partial charge in [0.15, 0.2) is 0 Å². The standard InChI is InChI=1S/C27H37N5O3/c1-18(2)16-31(17-19(3)4)26(34)21-9-12-23-24(15-21)32(14-6-13-28)27(29-23)30-25(33)20-7-10-22(35-5)11-8-20/h7-12,15,18-19H,6,13-14,16-17,28H2,1-5H3,(H,29,30,33). The van der Waals surface area contributed by atoms with Gasteiger partial charge < -0.3 is 19.9 Å². The summed E-state index contributed by atoms with van der Waals surface area (Å²) in [6.07, 6.45) is 0.710. The van der Waals surface area contributed by atoms with Gasteiger partial charge in [-0.15, -0.1) is 0 Å². The molecule has 0 aliphatic rings. The highest BCUT2D eigenvalue weighted by molar-refractivity contribution is 6.04. The zero-order chi connectivity index (χ0) is 25.5. The topological polar surface area (TPSA) is 102 Å². The Morgan fingerprint density at radius 1 is 1.03 bits per heavy atom. The SMILES string of the molecule is COc1ccc(C(=O)Nc2nc3ccc(C(=O)N(CC(C)C)CC(C)C)cc3n2CCCN)cc1. The molecule has 2 amide bonds. The van der Waals surface area contributed by atoms with E-state index in [1.807, 2.05) is 27.7 Å². The second-order valence-corrected chi connectivity index (χ2v) is 9.61. The fraction of sp³-hybridized carbons (Fsp3) is 0.444. The third kappa shape index (κ3) is 6.60. The Kier molecular flexibility index (Phi) is 8.87. The predicted octanol–water partition coefficient (Wildman–Crippen LogP) is 4.40. The van der Waals surface area contributed by atoms with Crippen molar-refractivity contribution in [3.05, 3.63) is 53.6 Å². The van der Waals surface area contributed by atoms with Gasteiger partial charge in [-0.2, -0.15) is 0 Å². The maximum absolute atomic E-state index is 13.4. The van der Waals surface area contributed by atoms with Crippen LogP contribution in [-0.2, 0) is 6.54 Å². The number of carbonyl (C=O) groups is 2. The van der Waals surface area contributed by atoms with Crippen LogP contribution in [-0.4, -0.2) is 53.0 Å². The van der Waals surface area contributed by atoms with Crippen molar-refractivity contribution in [2.75, 3.05) is 32.1 Å². The molecule has 8 nitrogen and oxygen atoms in total. The van der Waals surface area contributed by atoms with Gasteiger partial charge in [0.05, 0.1) is 18.1 Å². The molecule has 3 aromatic rings. The number of aryl methyl sites for hydroxylation is 1. The average molecular weight is 480 g/mol. The molecule has 1 aromatic heterocycles. The van der Waals surface area contributed by atoms with Gasteiger partial charge in [-0.1, -0.05) is 27.7 Å². The molecule has 0 radical (unpaired) electrons. The largest absolute Gasteiger partial charge is 0.497 e. The highest BCUT2D eigenvalue weighted by Gasteiger charge is 2.21. The summed E-state index contributed by atoms with van der Waals surface area (Å²) in [5.41, 5.74) is 8.39. The Hall–Kier alpha value is -3.39. The second kappa shape index (κ2) is 11.8. The van der Waals surface area contributed by atoms with E-state index in [0.29, 0.717) is 72.8 Å². The average Bonchev–Trinajstić information content (AvgIpc) is 3.17. The van der Waals surface area contributed by atoms with Crippen LogP contribution in [0.3, 0.4) is 0 Å². The summed E-state index contributed by atoms with van der Waals surface area (Å²) in [6, 6.07) is 12.4. The van der Waals surface area contributed by atoms with E-state index in [1.54, 1.807) is 31.4 Å². The molecule has 0 atom stereocenters. The highest BCUT2D eigenvalue weighted by atomic mass is 16.5. The van der Waals surface area contributed by atoms with E-state index in [-0.39, 0.29) is 11.8 Å². The minimum Gasteiger partial charge on any atom is -0.497 e. The predicted molar refractivity (Wildman–Crippen MR) is 140 cm³/mol. The van der Waals surface area contributed by atoms with Crippen LogP contribution in [0.5, 0.6) is 5.75 Å². The first-order chi connectivity index (χ1) is 16.7. The third-order valence-electron chi connectivity index (χ3n) is 5.62. The Morgan fingerprint density at radius 3 is 2.23 bits per heavy atom. The van der Waals surface area contributed by atoms with Gasteiger partial charge in [0.1, 0.15) is 5.75 Å². The van der Waals surface area contributed by atoms with Crippen LogP contribution < -0.4 is 15.8 Å². The van der Waals surface area contributed by atoms with E-state index < -0.39 is 0 Å². The Balaban J connectivity index is 1.95. The van der Waals surface area contributed by atoms with E-state index in [9.17, 15) is 9.59 Å². The number of ether oxygens (including phenoxy) is 1. The van der Waals surface area contributed by atoms with Crippen molar-refractivity contribution < 1.29 is 14.3 Å². The van der Waals surface area contributed by atoms with E-state index in [4.69, 9.17) is 10.5 Å². The number of benzene rings is 2. The zero-order valence-electron chi connectivity index (χ0n) is 21.4. The quantitative estimate of drug-likeness (QED) is 0.424. The number of imidazole rings is 1. The van der Waals surface area contributed by atoms with E-state index in [0.717, 1.165) is 5.52 Å². The Labute approximate surface area is 207 Å². The summed E-state index contributed by atoms with van der Waals surface area (Å²) < 4.78 is 7.10. The van der Waals surface area contributed by atoms with Crippen LogP contribution >= 0.6 is 0 Å². The third-order valence-corrected chi connectivity index (χ3v) is 5.62. The lowest BCUT2D eigenvalue weighted by atomic mass is 10.1. The number of rotatable bonds is 11. The zero-order valence-corrected chi connectivity index (χ0v) is 21.4. The second-order valence-electron chi connectivity index (χ2n) is 9.61. The highest BCUT2D eigenvalue weighted by Crippen LogP contribution is 2.24. The molecular weight excluding hydrogens is 442 g/mol. The van der Waals surface area contributed by atoms with Crippen LogP contribution in [0.2, 0.25) is 0 Å². The summed E-state index contributed by atoms with van der Waals surface area (Å²) in [5, 5.41) is 2.92. The van der Waals surface area contributed by atoms with Gasteiger partial charge in [0.25, 0.3) is 11.8 Å². The maximum Gasteiger partial charge on any atom is 0.257 e. The molecule has 0 aliphatic carbocycles. The number of nitrogens with zero attached hydrogens (tertiary/aromatic N) is 3. The normalized spacial score (nSPS) is 11.3. The first kappa shape index (κ1) is 26.2. The van der Waals surface area contributed by atoms with Gasteiger partial charge in [0.2, 0.25) is 5.95 Å². The summed E-state index contributed by atoms with van der Waals surface area (Å²) in [4.78, 5) is 32.9. The number of hydrogen-bond donors (Lipinski definition) is 2. The van der Waals surface area contributed by atoms with Crippen LogP contribution in [0.1, 0.15) is 54.8 Å². The van der Waals surface area contributed by atoms with Gasteiger partial charge in [-0.3, -0.25) is 14.9 Å². The number of aromatic nitrogens is 2. The van der Waals surface area contributed by atoms with Gasteiger partial charge in [-0.05, 0) is 67.3 Å². The molecule has 188 valence electrons. The van der Waals surface area contributed by atoms with Crippen LogP contribution in [0.15, 0.2) is 42.5 Å². The molecule has 0 saturated heterocycles. The summed E-state index contributed by atoms with van der Waals surface area (Å²) in [7, 11) is 1.58.